The summed E-state index contributed by atoms with van der Waals surface area (Å²) in [6, 6.07) is 0. The van der Waals surface area contributed by atoms with Crippen LogP contribution in [0.2, 0.25) is 5.02 Å². The molecule has 0 fully saturated rings. The first-order valence-electron chi connectivity index (χ1n) is 7.10. The van der Waals surface area contributed by atoms with Crippen LogP contribution in [0.1, 0.15) is 70.6 Å². The molecule has 0 saturated heterocycles. The van der Waals surface area contributed by atoms with Crippen molar-refractivity contribution in [1.82, 2.24) is 9.78 Å². The summed E-state index contributed by atoms with van der Waals surface area (Å²) in [5.74, 6) is 0. The van der Waals surface area contributed by atoms with Gasteiger partial charge in [-0.25, -0.2) is 0 Å². The summed E-state index contributed by atoms with van der Waals surface area (Å²) in [5, 5.41) is 15.0. The van der Waals surface area contributed by atoms with Gasteiger partial charge in [-0.05, 0) is 12.8 Å². The van der Waals surface area contributed by atoms with Crippen molar-refractivity contribution in [3.8, 4) is 0 Å². The lowest BCUT2D eigenvalue weighted by atomic mass is 10.1. The van der Waals surface area contributed by atoms with Gasteiger partial charge in [0.2, 0.25) is 0 Å². The first kappa shape index (κ1) is 15.5. The number of aromatic nitrogens is 2. The molecule has 1 N–H and O–H groups in total. The predicted octanol–water partition coefficient (Wildman–Crippen LogP) is 4.34. The maximum absolute atomic E-state index is 10.2. The molecule has 1 aromatic heterocycles. The molecule has 104 valence electrons. The van der Waals surface area contributed by atoms with E-state index in [1.807, 2.05) is 4.68 Å². The number of halogens is 1. The van der Waals surface area contributed by atoms with Crippen LogP contribution in [0.4, 0.5) is 0 Å². The van der Waals surface area contributed by atoms with Crippen LogP contribution in [0, 0.1) is 0 Å². The topological polar surface area (TPSA) is 38.1 Å². The molecule has 0 spiro atoms. The third kappa shape index (κ3) is 4.62. The molecule has 1 heterocycles. The summed E-state index contributed by atoms with van der Waals surface area (Å²) in [5.41, 5.74) is 0.786. The average Bonchev–Trinajstić information content (AvgIpc) is 2.71. The zero-order valence-electron chi connectivity index (χ0n) is 11.5. The lowest BCUT2D eigenvalue weighted by molar-refractivity contribution is 0.152. The number of aryl methyl sites for hydroxylation is 1. The van der Waals surface area contributed by atoms with Gasteiger partial charge in [-0.2, -0.15) is 5.10 Å². The standard InChI is InChI=1S/C14H25ClN2O/c1-3-5-6-7-8-9-13(18)14-12(15)11-16-17(14)10-4-2/h11,13,18H,3-10H2,1-2H3. The van der Waals surface area contributed by atoms with Crippen LogP contribution in [-0.4, -0.2) is 14.9 Å². The number of rotatable bonds is 9. The summed E-state index contributed by atoms with van der Waals surface area (Å²) in [7, 11) is 0. The second-order valence-corrected chi connectivity index (χ2v) is 5.23. The van der Waals surface area contributed by atoms with Crippen LogP contribution in [0.25, 0.3) is 0 Å². The van der Waals surface area contributed by atoms with E-state index in [1.165, 1.54) is 25.7 Å². The monoisotopic (exact) mass is 272 g/mol. The number of hydrogen-bond acceptors (Lipinski definition) is 2. The van der Waals surface area contributed by atoms with Crippen LogP contribution in [0.3, 0.4) is 0 Å². The summed E-state index contributed by atoms with van der Waals surface area (Å²) in [6.45, 7) is 5.11. The first-order chi connectivity index (χ1) is 8.70. The normalized spacial score (nSPS) is 12.9. The fraction of sp³-hybridized carbons (Fsp3) is 0.786. The maximum Gasteiger partial charge on any atom is 0.0971 e. The minimum Gasteiger partial charge on any atom is -0.387 e. The SMILES string of the molecule is CCCCCCCC(O)c1c(Cl)cnn1CCC. The molecule has 1 unspecified atom stereocenters. The summed E-state index contributed by atoms with van der Waals surface area (Å²) in [6.07, 6.45) is 8.94. The van der Waals surface area contributed by atoms with E-state index >= 15 is 0 Å². The van der Waals surface area contributed by atoms with E-state index in [0.717, 1.165) is 31.5 Å². The largest absolute Gasteiger partial charge is 0.387 e. The fourth-order valence-electron chi connectivity index (χ4n) is 2.17. The van der Waals surface area contributed by atoms with Gasteiger partial charge in [0.1, 0.15) is 0 Å². The van der Waals surface area contributed by atoms with E-state index < -0.39 is 6.10 Å². The van der Waals surface area contributed by atoms with Crippen molar-refractivity contribution in [2.45, 2.75) is 71.4 Å². The van der Waals surface area contributed by atoms with Crippen LogP contribution < -0.4 is 0 Å². The molecule has 0 aromatic carbocycles. The Bertz CT molecular complexity index is 339. The van der Waals surface area contributed by atoms with Gasteiger partial charge in [-0.15, -0.1) is 0 Å². The van der Waals surface area contributed by atoms with Gasteiger partial charge in [0.05, 0.1) is 23.0 Å². The quantitative estimate of drug-likeness (QED) is 0.679. The van der Waals surface area contributed by atoms with Crippen LogP contribution in [-0.2, 0) is 6.54 Å². The summed E-state index contributed by atoms with van der Waals surface area (Å²) >= 11 is 6.09. The Labute approximate surface area is 115 Å². The highest BCUT2D eigenvalue weighted by atomic mass is 35.5. The molecule has 1 aromatic rings. The molecular weight excluding hydrogens is 248 g/mol. The molecule has 1 rings (SSSR count). The Morgan fingerprint density at radius 1 is 1.22 bits per heavy atom. The summed E-state index contributed by atoms with van der Waals surface area (Å²) in [4.78, 5) is 0. The molecule has 0 aliphatic rings. The van der Waals surface area contributed by atoms with Gasteiger partial charge in [-0.3, -0.25) is 4.68 Å². The number of hydrogen-bond donors (Lipinski definition) is 1. The molecule has 18 heavy (non-hydrogen) atoms. The van der Waals surface area contributed by atoms with Crippen LogP contribution in [0.5, 0.6) is 0 Å². The molecule has 0 radical (unpaired) electrons. The van der Waals surface area contributed by atoms with E-state index in [2.05, 4.69) is 18.9 Å². The van der Waals surface area contributed by atoms with Gasteiger partial charge in [0, 0.05) is 6.54 Å². The number of aliphatic hydroxyl groups excluding tert-OH is 1. The first-order valence-corrected chi connectivity index (χ1v) is 7.47. The predicted molar refractivity (Wildman–Crippen MR) is 75.9 cm³/mol. The Morgan fingerprint density at radius 3 is 2.61 bits per heavy atom. The van der Waals surface area contributed by atoms with E-state index in [0.29, 0.717) is 5.02 Å². The third-order valence-electron chi connectivity index (χ3n) is 3.17. The van der Waals surface area contributed by atoms with Gasteiger partial charge in [-0.1, -0.05) is 57.6 Å². The molecule has 1 atom stereocenters. The van der Waals surface area contributed by atoms with E-state index in [-0.39, 0.29) is 0 Å². The van der Waals surface area contributed by atoms with Crippen molar-refractivity contribution < 1.29 is 5.11 Å². The van der Waals surface area contributed by atoms with Gasteiger partial charge < -0.3 is 5.11 Å². The third-order valence-corrected chi connectivity index (χ3v) is 3.46. The van der Waals surface area contributed by atoms with Crippen molar-refractivity contribution >= 4 is 11.6 Å². The molecule has 0 aliphatic carbocycles. The lowest BCUT2D eigenvalue weighted by Crippen LogP contribution is -2.09. The van der Waals surface area contributed by atoms with Crippen molar-refractivity contribution in [2.75, 3.05) is 0 Å². The van der Waals surface area contributed by atoms with Crippen molar-refractivity contribution in [3.05, 3.63) is 16.9 Å². The molecule has 0 saturated carbocycles. The second-order valence-electron chi connectivity index (χ2n) is 4.82. The average molecular weight is 273 g/mol. The van der Waals surface area contributed by atoms with Gasteiger partial charge >= 0.3 is 0 Å². The maximum atomic E-state index is 10.2. The minimum atomic E-state index is -0.479. The van der Waals surface area contributed by atoms with E-state index in [1.54, 1.807) is 6.20 Å². The Hall–Kier alpha value is -0.540. The zero-order chi connectivity index (χ0) is 13.4. The van der Waals surface area contributed by atoms with E-state index in [4.69, 9.17) is 11.6 Å². The van der Waals surface area contributed by atoms with Crippen LogP contribution >= 0.6 is 11.6 Å². The molecule has 4 heteroatoms. The van der Waals surface area contributed by atoms with E-state index in [9.17, 15) is 5.11 Å². The Morgan fingerprint density at radius 2 is 1.94 bits per heavy atom. The number of unbranched alkanes of at least 4 members (excludes halogenated alkanes) is 4. The lowest BCUT2D eigenvalue weighted by Gasteiger charge is -2.13. The van der Waals surface area contributed by atoms with Crippen molar-refractivity contribution in [2.24, 2.45) is 0 Å². The van der Waals surface area contributed by atoms with Gasteiger partial charge in [0.15, 0.2) is 0 Å². The number of nitrogens with zero attached hydrogens (tertiary/aromatic N) is 2. The molecule has 0 amide bonds. The molecule has 3 nitrogen and oxygen atoms in total. The zero-order valence-corrected chi connectivity index (χ0v) is 12.3. The van der Waals surface area contributed by atoms with Gasteiger partial charge in [0.25, 0.3) is 0 Å². The highest BCUT2D eigenvalue weighted by Crippen LogP contribution is 2.27. The van der Waals surface area contributed by atoms with Crippen LogP contribution in [0.15, 0.2) is 6.20 Å². The Balaban J connectivity index is 2.44. The molecule has 0 bridgehead atoms. The number of aliphatic hydroxyl groups is 1. The molecule has 0 aliphatic heterocycles. The minimum absolute atomic E-state index is 0.479. The Kier molecular flexibility index (Phi) is 7.36. The van der Waals surface area contributed by atoms with Crippen molar-refractivity contribution in [3.63, 3.8) is 0 Å². The summed E-state index contributed by atoms with van der Waals surface area (Å²) < 4.78 is 1.83. The molecular formula is C14H25ClN2O. The smallest absolute Gasteiger partial charge is 0.0971 e. The van der Waals surface area contributed by atoms with Crippen molar-refractivity contribution in [1.29, 1.82) is 0 Å². The second kappa shape index (κ2) is 8.54. The highest BCUT2D eigenvalue weighted by molar-refractivity contribution is 6.31. The highest BCUT2D eigenvalue weighted by Gasteiger charge is 2.17. The fourth-order valence-corrected chi connectivity index (χ4v) is 2.44.